The fourth-order valence-corrected chi connectivity index (χ4v) is 3.55. The van der Waals surface area contributed by atoms with Gasteiger partial charge in [-0.25, -0.2) is 9.59 Å². The maximum atomic E-state index is 12.7. The quantitative estimate of drug-likeness (QED) is 0.186. The van der Waals surface area contributed by atoms with Gasteiger partial charge in [-0.1, -0.05) is 24.3 Å². The van der Waals surface area contributed by atoms with Crippen LogP contribution in [0.3, 0.4) is 0 Å². The molecule has 0 saturated carbocycles. The largest absolute Gasteiger partial charge is 0.508 e. The lowest BCUT2D eigenvalue weighted by Crippen LogP contribution is -2.29. The van der Waals surface area contributed by atoms with Crippen LogP contribution >= 0.6 is 0 Å². The molecular formula is C29H25BO8. The summed E-state index contributed by atoms with van der Waals surface area (Å²) in [4.78, 5) is 25.1. The Hall–Kier alpha value is -4.60. The van der Waals surface area contributed by atoms with Crippen LogP contribution in [-0.2, 0) is 6.61 Å². The Morgan fingerprint density at radius 2 is 1.16 bits per heavy atom. The van der Waals surface area contributed by atoms with Crippen LogP contribution in [0.15, 0.2) is 84.9 Å². The highest BCUT2D eigenvalue weighted by Crippen LogP contribution is 2.30. The second-order valence-electron chi connectivity index (χ2n) is 8.57. The van der Waals surface area contributed by atoms with Crippen LogP contribution in [0.5, 0.6) is 23.0 Å². The van der Waals surface area contributed by atoms with Crippen molar-refractivity contribution < 1.29 is 39.0 Å². The van der Waals surface area contributed by atoms with Gasteiger partial charge in [-0.2, -0.15) is 0 Å². The molecule has 192 valence electrons. The summed E-state index contributed by atoms with van der Waals surface area (Å²) in [5, 5.41) is 27.7. The van der Waals surface area contributed by atoms with Gasteiger partial charge in [-0.05, 0) is 96.7 Å². The van der Waals surface area contributed by atoms with Crippen LogP contribution in [0, 0.1) is 13.8 Å². The Bertz CT molecular complexity index is 1430. The Labute approximate surface area is 219 Å². The van der Waals surface area contributed by atoms with Gasteiger partial charge in [0.1, 0.15) is 29.6 Å². The maximum absolute atomic E-state index is 12.7. The van der Waals surface area contributed by atoms with Crippen molar-refractivity contribution in [2.45, 2.75) is 20.5 Å². The molecule has 0 unspecified atom stereocenters. The zero-order chi connectivity index (χ0) is 27.2. The van der Waals surface area contributed by atoms with Crippen molar-refractivity contribution in [1.29, 1.82) is 0 Å². The van der Waals surface area contributed by atoms with E-state index in [-0.39, 0.29) is 12.4 Å². The second kappa shape index (κ2) is 11.6. The minimum Gasteiger partial charge on any atom is -0.508 e. The summed E-state index contributed by atoms with van der Waals surface area (Å²) in [6, 6.07) is 22.1. The minimum atomic E-state index is -1.53. The molecule has 3 N–H and O–H groups in total. The van der Waals surface area contributed by atoms with Gasteiger partial charge >= 0.3 is 19.1 Å². The van der Waals surface area contributed by atoms with Crippen LogP contribution in [0.4, 0.5) is 0 Å². The molecule has 4 aromatic rings. The predicted octanol–water partition coefficient (Wildman–Crippen LogP) is 3.71. The Kier molecular flexibility index (Phi) is 8.11. The van der Waals surface area contributed by atoms with E-state index in [1.54, 1.807) is 74.5 Å². The van der Waals surface area contributed by atoms with Crippen molar-refractivity contribution in [2.24, 2.45) is 0 Å². The topological polar surface area (TPSA) is 123 Å². The van der Waals surface area contributed by atoms with Crippen LogP contribution in [0.25, 0.3) is 0 Å². The molecule has 9 heteroatoms. The van der Waals surface area contributed by atoms with Crippen LogP contribution < -0.4 is 19.7 Å². The third kappa shape index (κ3) is 6.39. The zero-order valence-electron chi connectivity index (χ0n) is 20.8. The molecule has 38 heavy (non-hydrogen) atoms. The molecule has 0 aliphatic carbocycles. The molecule has 0 aliphatic rings. The average Bonchev–Trinajstić information content (AvgIpc) is 2.92. The van der Waals surface area contributed by atoms with Gasteiger partial charge in [0.15, 0.2) is 0 Å². The molecule has 0 radical (unpaired) electrons. The molecule has 0 bridgehead atoms. The van der Waals surface area contributed by atoms with E-state index in [4.69, 9.17) is 24.3 Å². The fourth-order valence-electron chi connectivity index (χ4n) is 3.55. The number of esters is 2. The van der Waals surface area contributed by atoms with E-state index in [0.29, 0.717) is 45.0 Å². The number of ether oxygens (including phenoxy) is 3. The summed E-state index contributed by atoms with van der Waals surface area (Å²) in [7, 11) is -1.53. The summed E-state index contributed by atoms with van der Waals surface area (Å²) < 4.78 is 16.8. The summed E-state index contributed by atoms with van der Waals surface area (Å²) >= 11 is 0. The SMILES string of the molecule is Cc1c(OC(=O)c2ccc(O)cc2)ccc(OC(=O)c2ccc(COc3ccc(B(O)O)cc3)cc2)c1C. The van der Waals surface area contributed by atoms with Gasteiger partial charge in [-0.15, -0.1) is 0 Å². The normalized spacial score (nSPS) is 10.5. The van der Waals surface area contributed by atoms with E-state index in [2.05, 4.69) is 0 Å². The maximum Gasteiger partial charge on any atom is 0.488 e. The number of phenols is 1. The predicted molar refractivity (Wildman–Crippen MR) is 141 cm³/mol. The van der Waals surface area contributed by atoms with Crippen molar-refractivity contribution in [1.82, 2.24) is 0 Å². The molecule has 0 amide bonds. The first-order valence-electron chi connectivity index (χ1n) is 11.7. The zero-order valence-corrected chi connectivity index (χ0v) is 20.8. The summed E-state index contributed by atoms with van der Waals surface area (Å²) in [6.07, 6.45) is 0. The third-order valence-corrected chi connectivity index (χ3v) is 5.97. The van der Waals surface area contributed by atoms with Crippen LogP contribution in [0.2, 0.25) is 0 Å². The highest BCUT2D eigenvalue weighted by molar-refractivity contribution is 6.58. The van der Waals surface area contributed by atoms with Gasteiger partial charge in [-0.3, -0.25) is 0 Å². The van der Waals surface area contributed by atoms with E-state index in [1.807, 2.05) is 0 Å². The standard InChI is InChI=1S/C29H25BO8/c1-18-19(2)27(38-29(33)22-7-11-24(31)12-8-22)16-15-26(18)37-28(32)21-5-3-20(4-6-21)17-36-25-13-9-23(10-14-25)30(34)35/h3-16,31,34-35H,17H2,1-2H3. The number of phenolic OH excluding ortho intramolecular Hbond substituents is 1. The van der Waals surface area contributed by atoms with Crippen molar-refractivity contribution in [3.05, 3.63) is 113 Å². The molecule has 0 aliphatic heterocycles. The molecular weight excluding hydrogens is 487 g/mol. The Morgan fingerprint density at radius 3 is 1.63 bits per heavy atom. The number of benzene rings is 4. The van der Waals surface area contributed by atoms with Crippen molar-refractivity contribution >= 4 is 24.5 Å². The van der Waals surface area contributed by atoms with Gasteiger partial charge in [0.2, 0.25) is 0 Å². The van der Waals surface area contributed by atoms with E-state index >= 15 is 0 Å². The molecule has 0 saturated heterocycles. The second-order valence-corrected chi connectivity index (χ2v) is 8.57. The van der Waals surface area contributed by atoms with Crippen molar-refractivity contribution in [3.8, 4) is 23.0 Å². The number of hydrogen-bond donors (Lipinski definition) is 3. The molecule has 4 aromatic carbocycles. The monoisotopic (exact) mass is 512 g/mol. The van der Waals surface area contributed by atoms with Gasteiger partial charge in [0.25, 0.3) is 0 Å². The Balaban J connectivity index is 1.36. The Morgan fingerprint density at radius 1 is 0.684 bits per heavy atom. The summed E-state index contributed by atoms with van der Waals surface area (Å²) in [6.45, 7) is 3.80. The lowest BCUT2D eigenvalue weighted by atomic mass is 9.80. The molecule has 0 aromatic heterocycles. The van der Waals surface area contributed by atoms with Gasteiger partial charge < -0.3 is 29.4 Å². The molecule has 0 heterocycles. The number of carbonyl (C=O) groups is 2. The van der Waals surface area contributed by atoms with E-state index in [0.717, 1.165) is 5.56 Å². The average molecular weight is 512 g/mol. The number of aromatic hydroxyl groups is 1. The highest BCUT2D eigenvalue weighted by atomic mass is 16.5. The molecule has 8 nitrogen and oxygen atoms in total. The van der Waals surface area contributed by atoms with Gasteiger partial charge in [0.05, 0.1) is 11.1 Å². The first-order chi connectivity index (χ1) is 18.2. The first kappa shape index (κ1) is 26.5. The number of rotatable bonds is 8. The minimum absolute atomic E-state index is 0.0510. The lowest BCUT2D eigenvalue weighted by molar-refractivity contribution is 0.0717. The van der Waals surface area contributed by atoms with Crippen LogP contribution in [-0.4, -0.2) is 34.2 Å². The van der Waals surface area contributed by atoms with E-state index in [1.165, 1.54) is 24.3 Å². The fraction of sp³-hybridized carbons (Fsp3) is 0.103. The lowest BCUT2D eigenvalue weighted by Gasteiger charge is -2.14. The summed E-state index contributed by atoms with van der Waals surface area (Å²) in [5.74, 6) is 0.206. The summed E-state index contributed by atoms with van der Waals surface area (Å²) in [5.41, 5.74) is 3.16. The number of hydrogen-bond acceptors (Lipinski definition) is 8. The van der Waals surface area contributed by atoms with E-state index < -0.39 is 19.1 Å². The molecule has 0 atom stereocenters. The number of carbonyl (C=O) groups excluding carboxylic acids is 2. The first-order valence-corrected chi connectivity index (χ1v) is 11.7. The van der Waals surface area contributed by atoms with Gasteiger partial charge in [0, 0.05) is 0 Å². The highest BCUT2D eigenvalue weighted by Gasteiger charge is 2.17. The van der Waals surface area contributed by atoms with Crippen molar-refractivity contribution in [3.63, 3.8) is 0 Å². The molecule has 4 rings (SSSR count). The molecule has 0 spiro atoms. The van der Waals surface area contributed by atoms with Crippen molar-refractivity contribution in [2.75, 3.05) is 0 Å². The smallest absolute Gasteiger partial charge is 0.488 e. The van der Waals surface area contributed by atoms with Crippen LogP contribution in [0.1, 0.15) is 37.4 Å². The van der Waals surface area contributed by atoms with E-state index in [9.17, 15) is 14.7 Å². The third-order valence-electron chi connectivity index (χ3n) is 5.97. The molecule has 0 fully saturated rings.